The number of anilines is 1. The van der Waals surface area contributed by atoms with E-state index in [1.807, 2.05) is 42.5 Å². The molecule has 2 heterocycles. The molecule has 0 saturated carbocycles. The van der Waals surface area contributed by atoms with E-state index in [4.69, 9.17) is 15.7 Å². The second-order valence-electron chi connectivity index (χ2n) is 6.83. The Kier molecular flexibility index (Phi) is 4.90. The number of hydrogen-bond donors (Lipinski definition) is 2. The normalized spacial score (nSPS) is 15.0. The highest BCUT2D eigenvalue weighted by Gasteiger charge is 2.22. The van der Waals surface area contributed by atoms with Crippen LogP contribution in [-0.4, -0.2) is 21.9 Å². The zero-order valence-corrected chi connectivity index (χ0v) is 16.1. The summed E-state index contributed by atoms with van der Waals surface area (Å²) >= 11 is 1.74. The Morgan fingerprint density at radius 3 is 2.74 bits per heavy atom. The van der Waals surface area contributed by atoms with E-state index in [9.17, 15) is 4.79 Å². The maximum Gasteiger partial charge on any atom is 0.239 e. The molecule has 1 unspecified atom stereocenters. The van der Waals surface area contributed by atoms with Crippen molar-refractivity contribution in [3.8, 4) is 0 Å². The van der Waals surface area contributed by atoms with Gasteiger partial charge in [0.15, 0.2) is 5.82 Å². The Labute approximate surface area is 162 Å². The fourth-order valence-electron chi connectivity index (χ4n) is 3.36. The largest absolute Gasteiger partial charge is 0.368 e. The molecule has 2 aromatic heterocycles. The number of rotatable bonds is 5. The fraction of sp³-hybridized carbons (Fsp3) is 0.286. The number of carbonyl (C=O) groups is 1. The summed E-state index contributed by atoms with van der Waals surface area (Å²) in [6.45, 7) is 1.76. The van der Waals surface area contributed by atoms with E-state index in [-0.39, 0.29) is 0 Å². The van der Waals surface area contributed by atoms with Gasteiger partial charge in [0.25, 0.3) is 0 Å². The second kappa shape index (κ2) is 7.48. The van der Waals surface area contributed by atoms with Gasteiger partial charge in [-0.2, -0.15) is 0 Å². The molecule has 0 saturated heterocycles. The summed E-state index contributed by atoms with van der Waals surface area (Å²) in [5.41, 5.74) is 7.88. The molecule has 6 heteroatoms. The first-order valence-electron chi connectivity index (χ1n) is 9.23. The first-order valence-corrected chi connectivity index (χ1v) is 10.0. The van der Waals surface area contributed by atoms with Crippen LogP contribution in [0.1, 0.15) is 41.6 Å². The molecule has 3 aromatic rings. The van der Waals surface area contributed by atoms with Gasteiger partial charge in [0, 0.05) is 4.88 Å². The lowest BCUT2D eigenvalue weighted by atomic mass is 9.97. The van der Waals surface area contributed by atoms with E-state index in [2.05, 4.69) is 5.32 Å². The SMILES string of the molecule is CC(Nc1nc(/C=C/c2ccccc2)nc2sc3c(c12)CCCC3)C(N)=O. The third-order valence-electron chi connectivity index (χ3n) is 4.84. The van der Waals surface area contributed by atoms with Crippen molar-refractivity contribution in [1.82, 2.24) is 9.97 Å². The number of primary amides is 1. The van der Waals surface area contributed by atoms with Crippen LogP contribution in [0.4, 0.5) is 5.82 Å². The van der Waals surface area contributed by atoms with Gasteiger partial charge in [0.1, 0.15) is 16.7 Å². The number of benzene rings is 1. The lowest BCUT2D eigenvalue weighted by Gasteiger charge is -2.15. The van der Waals surface area contributed by atoms with Crippen LogP contribution in [0.2, 0.25) is 0 Å². The van der Waals surface area contributed by atoms with Crippen LogP contribution in [0, 0.1) is 0 Å². The van der Waals surface area contributed by atoms with Crippen molar-refractivity contribution < 1.29 is 4.79 Å². The molecule has 3 N–H and O–H groups in total. The first-order chi connectivity index (χ1) is 13.1. The highest BCUT2D eigenvalue weighted by atomic mass is 32.1. The summed E-state index contributed by atoms with van der Waals surface area (Å²) in [5.74, 6) is 0.940. The number of thiophene rings is 1. The van der Waals surface area contributed by atoms with Gasteiger partial charge in [0.05, 0.1) is 5.39 Å². The average Bonchev–Trinajstić information content (AvgIpc) is 3.05. The first kappa shape index (κ1) is 17.7. The van der Waals surface area contributed by atoms with E-state index in [1.54, 1.807) is 18.3 Å². The molecule has 0 radical (unpaired) electrons. The summed E-state index contributed by atoms with van der Waals surface area (Å²) in [4.78, 5) is 23.4. The third kappa shape index (κ3) is 3.71. The Bertz CT molecular complexity index is 1010. The lowest BCUT2D eigenvalue weighted by molar-refractivity contribution is -0.118. The molecule has 0 spiro atoms. The van der Waals surface area contributed by atoms with Crippen LogP contribution >= 0.6 is 11.3 Å². The van der Waals surface area contributed by atoms with Gasteiger partial charge in [-0.05, 0) is 49.8 Å². The van der Waals surface area contributed by atoms with Crippen LogP contribution in [0.3, 0.4) is 0 Å². The standard InChI is InChI=1S/C21H22N4OS/c1-13(19(22)26)23-20-18-15-9-5-6-10-16(15)27-21(18)25-17(24-20)12-11-14-7-3-2-4-8-14/h2-4,7-8,11-13H,5-6,9-10H2,1H3,(H2,22,26)(H,23,24,25)/b12-11+. The smallest absolute Gasteiger partial charge is 0.239 e. The molecule has 5 nitrogen and oxygen atoms in total. The molecular weight excluding hydrogens is 356 g/mol. The van der Waals surface area contributed by atoms with Crippen molar-refractivity contribution in [3.05, 3.63) is 52.2 Å². The number of aromatic nitrogens is 2. The fourth-order valence-corrected chi connectivity index (χ4v) is 4.63. The van der Waals surface area contributed by atoms with Gasteiger partial charge in [0.2, 0.25) is 5.91 Å². The maximum atomic E-state index is 11.6. The number of nitrogens with zero attached hydrogens (tertiary/aromatic N) is 2. The number of fused-ring (bicyclic) bond motifs is 3. The van der Waals surface area contributed by atoms with Gasteiger partial charge in [-0.25, -0.2) is 9.97 Å². The maximum absolute atomic E-state index is 11.6. The number of hydrogen-bond acceptors (Lipinski definition) is 5. The van der Waals surface area contributed by atoms with Crippen LogP contribution in [0.15, 0.2) is 30.3 Å². The molecule has 138 valence electrons. The van der Waals surface area contributed by atoms with E-state index >= 15 is 0 Å². The van der Waals surface area contributed by atoms with E-state index in [0.717, 1.165) is 28.6 Å². The van der Waals surface area contributed by atoms with Crippen molar-refractivity contribution in [2.45, 2.75) is 38.6 Å². The molecule has 1 aliphatic rings. The predicted octanol–water partition coefficient (Wildman–Crippen LogP) is 4.03. The zero-order valence-electron chi connectivity index (χ0n) is 15.2. The number of aryl methyl sites for hydroxylation is 2. The van der Waals surface area contributed by atoms with Crippen molar-refractivity contribution in [2.75, 3.05) is 5.32 Å². The summed E-state index contributed by atoms with van der Waals surface area (Å²) in [6.07, 6.45) is 8.44. The van der Waals surface area contributed by atoms with Gasteiger partial charge in [-0.1, -0.05) is 36.4 Å². The molecule has 0 bridgehead atoms. The van der Waals surface area contributed by atoms with E-state index in [1.165, 1.54) is 23.3 Å². The highest BCUT2D eigenvalue weighted by Crippen LogP contribution is 2.38. The summed E-state index contributed by atoms with van der Waals surface area (Å²) in [7, 11) is 0. The molecule has 0 aliphatic heterocycles. The van der Waals surface area contributed by atoms with Crippen LogP contribution in [0.5, 0.6) is 0 Å². The third-order valence-corrected chi connectivity index (χ3v) is 6.02. The number of nitrogens with one attached hydrogen (secondary N) is 1. The van der Waals surface area contributed by atoms with Gasteiger partial charge >= 0.3 is 0 Å². The summed E-state index contributed by atoms with van der Waals surface area (Å²) < 4.78 is 0. The van der Waals surface area contributed by atoms with Crippen molar-refractivity contribution in [2.24, 2.45) is 5.73 Å². The Balaban J connectivity index is 1.79. The Morgan fingerprint density at radius 2 is 1.96 bits per heavy atom. The monoisotopic (exact) mass is 378 g/mol. The highest BCUT2D eigenvalue weighted by molar-refractivity contribution is 7.19. The van der Waals surface area contributed by atoms with E-state index in [0.29, 0.717) is 11.6 Å². The summed E-state index contributed by atoms with van der Waals surface area (Å²) in [6, 6.07) is 9.56. The Hall–Kier alpha value is -2.73. The van der Waals surface area contributed by atoms with Gasteiger partial charge < -0.3 is 11.1 Å². The molecule has 1 atom stereocenters. The molecule has 4 rings (SSSR count). The minimum atomic E-state index is -0.492. The molecule has 0 fully saturated rings. The molecule has 1 aliphatic carbocycles. The van der Waals surface area contributed by atoms with Gasteiger partial charge in [-0.15, -0.1) is 11.3 Å². The molecule has 1 aromatic carbocycles. The Morgan fingerprint density at radius 1 is 1.19 bits per heavy atom. The van der Waals surface area contributed by atoms with Gasteiger partial charge in [-0.3, -0.25) is 4.79 Å². The molecule has 27 heavy (non-hydrogen) atoms. The minimum Gasteiger partial charge on any atom is -0.368 e. The quantitative estimate of drug-likeness (QED) is 0.702. The number of nitrogens with two attached hydrogens (primary N) is 1. The predicted molar refractivity (Wildman–Crippen MR) is 112 cm³/mol. The number of amides is 1. The average molecular weight is 379 g/mol. The van der Waals surface area contributed by atoms with Crippen molar-refractivity contribution in [1.29, 1.82) is 0 Å². The topological polar surface area (TPSA) is 80.9 Å². The van der Waals surface area contributed by atoms with Crippen molar-refractivity contribution in [3.63, 3.8) is 0 Å². The minimum absolute atomic E-state index is 0.396. The molecule has 1 amide bonds. The van der Waals surface area contributed by atoms with Crippen LogP contribution in [0.25, 0.3) is 22.4 Å². The number of carbonyl (C=O) groups excluding carboxylic acids is 1. The lowest BCUT2D eigenvalue weighted by Crippen LogP contribution is -2.33. The van der Waals surface area contributed by atoms with Crippen LogP contribution < -0.4 is 11.1 Å². The van der Waals surface area contributed by atoms with Crippen molar-refractivity contribution >= 4 is 45.4 Å². The van der Waals surface area contributed by atoms with E-state index < -0.39 is 11.9 Å². The second-order valence-corrected chi connectivity index (χ2v) is 7.92. The molecular formula is C21H22N4OS. The zero-order chi connectivity index (χ0) is 18.8. The van der Waals surface area contributed by atoms with Crippen LogP contribution in [-0.2, 0) is 17.6 Å². The summed E-state index contributed by atoms with van der Waals surface area (Å²) in [5, 5.41) is 4.26.